The number of hydrogen-bond acceptors (Lipinski definition) is 4. The number of fused-ring (bicyclic) bond motifs is 2. The van der Waals surface area contributed by atoms with E-state index >= 15 is 0 Å². The largest absolute Gasteiger partial charge is 0.465 e. The average molecular weight is 501 g/mol. The van der Waals surface area contributed by atoms with Gasteiger partial charge in [-0.3, -0.25) is 9.59 Å². The highest BCUT2D eigenvalue weighted by molar-refractivity contribution is 6.66. The number of carbonyl (C=O) groups is 2. The van der Waals surface area contributed by atoms with Crippen LogP contribution in [0.4, 0.5) is 0 Å². The number of esters is 2. The molecule has 0 heterocycles. The monoisotopic (exact) mass is 498 g/mol. The number of carbonyl (C=O) groups excluding carboxylic acids is 2. The van der Waals surface area contributed by atoms with Gasteiger partial charge in [-0.25, -0.2) is 0 Å². The molecule has 0 amide bonds. The lowest BCUT2D eigenvalue weighted by Gasteiger charge is -2.33. The smallest absolute Gasteiger partial charge is 0.312 e. The van der Waals surface area contributed by atoms with Gasteiger partial charge in [-0.15, -0.1) is 23.2 Å². The molecule has 0 aliphatic heterocycles. The fourth-order valence-electron chi connectivity index (χ4n) is 3.39. The highest BCUT2D eigenvalue weighted by Gasteiger charge is 2.85. The predicted octanol–water partition coefficient (Wildman–Crippen LogP) is 5.75. The molecule has 0 saturated heterocycles. The Morgan fingerprint density at radius 3 is 1.44 bits per heavy atom. The number of unbranched alkanes of at least 4 members (excludes halogenated alkanes) is 2. The molecule has 0 aromatic carbocycles. The van der Waals surface area contributed by atoms with E-state index in [9.17, 15) is 9.59 Å². The average Bonchev–Trinajstić information content (AvgIpc) is 2.82. The molecule has 2 aliphatic carbocycles. The molecule has 4 nitrogen and oxygen atoms in total. The molecule has 2 aliphatic rings. The van der Waals surface area contributed by atoms with Crippen molar-refractivity contribution in [2.75, 3.05) is 13.2 Å². The van der Waals surface area contributed by atoms with Crippen LogP contribution >= 0.6 is 69.6 Å². The molecule has 0 aromatic rings. The summed E-state index contributed by atoms with van der Waals surface area (Å²) in [4.78, 5) is 21.8. The van der Waals surface area contributed by atoms with Crippen LogP contribution in [0.15, 0.2) is 10.1 Å². The molecule has 0 N–H and O–H groups in total. The van der Waals surface area contributed by atoms with Crippen molar-refractivity contribution < 1.29 is 19.1 Å². The second-order valence-corrected chi connectivity index (χ2v) is 9.90. The minimum absolute atomic E-state index is 0.151. The zero-order chi connectivity index (χ0) is 20.6. The Kier molecular flexibility index (Phi) is 7.59. The molecule has 27 heavy (non-hydrogen) atoms. The summed E-state index contributed by atoms with van der Waals surface area (Å²) in [5.74, 6) is -4.22. The van der Waals surface area contributed by atoms with E-state index in [2.05, 4.69) is 0 Å². The van der Waals surface area contributed by atoms with Crippen LogP contribution in [0.2, 0.25) is 0 Å². The van der Waals surface area contributed by atoms with Crippen molar-refractivity contribution in [3.05, 3.63) is 10.1 Å². The van der Waals surface area contributed by atoms with Crippen molar-refractivity contribution in [2.24, 2.45) is 11.8 Å². The Balaban J connectivity index is 2.47. The van der Waals surface area contributed by atoms with E-state index in [0.717, 1.165) is 12.8 Å². The second kappa shape index (κ2) is 8.65. The fraction of sp³-hybridized carbons (Fsp3) is 0.765. The highest BCUT2D eigenvalue weighted by Crippen LogP contribution is 2.76. The zero-order valence-corrected chi connectivity index (χ0v) is 19.3. The van der Waals surface area contributed by atoms with Crippen molar-refractivity contribution >= 4 is 81.5 Å². The van der Waals surface area contributed by atoms with Crippen LogP contribution in [0, 0.1) is 11.8 Å². The molecular weight excluding hydrogens is 481 g/mol. The fourth-order valence-corrected chi connectivity index (χ4v) is 6.31. The first kappa shape index (κ1) is 23.7. The summed E-state index contributed by atoms with van der Waals surface area (Å²) in [6, 6.07) is 0. The van der Waals surface area contributed by atoms with Crippen molar-refractivity contribution in [1.29, 1.82) is 0 Å². The number of rotatable bonds is 8. The Hall–Kier alpha value is 0.420. The predicted molar refractivity (Wildman–Crippen MR) is 109 cm³/mol. The molecular formula is C17H20Cl6O4. The minimum Gasteiger partial charge on any atom is -0.465 e. The van der Waals surface area contributed by atoms with Gasteiger partial charge in [0.25, 0.3) is 0 Å². The zero-order valence-electron chi connectivity index (χ0n) is 14.8. The van der Waals surface area contributed by atoms with E-state index in [1.165, 1.54) is 0 Å². The van der Waals surface area contributed by atoms with Gasteiger partial charge in [0.15, 0.2) is 4.33 Å². The van der Waals surface area contributed by atoms with Crippen LogP contribution in [0.3, 0.4) is 0 Å². The molecule has 2 rings (SSSR count). The van der Waals surface area contributed by atoms with E-state index < -0.39 is 37.9 Å². The number of alkyl halides is 4. The molecule has 0 unspecified atom stereocenters. The van der Waals surface area contributed by atoms with Gasteiger partial charge in [0, 0.05) is 0 Å². The van der Waals surface area contributed by atoms with Crippen molar-refractivity contribution in [3.63, 3.8) is 0 Å². The van der Waals surface area contributed by atoms with Crippen LogP contribution in [0.25, 0.3) is 0 Å². The molecule has 10 heteroatoms. The van der Waals surface area contributed by atoms with Gasteiger partial charge in [-0.05, 0) is 12.8 Å². The Morgan fingerprint density at radius 2 is 1.15 bits per heavy atom. The molecule has 4 atom stereocenters. The number of halogens is 6. The Morgan fingerprint density at radius 1 is 0.815 bits per heavy atom. The standard InChI is InChI=1S/C17H20Cl6O4/c1-3-5-7-26-13(24)9-10(14(25)27-8-6-4-2)16(21)12(19)11(18)15(9,20)17(16,22)23/h9-10H,3-8H2,1-2H3/t9-,10-,15-,16-/m0/s1. The van der Waals surface area contributed by atoms with Gasteiger partial charge < -0.3 is 9.47 Å². The van der Waals surface area contributed by atoms with Crippen molar-refractivity contribution in [3.8, 4) is 0 Å². The van der Waals surface area contributed by atoms with Gasteiger partial charge in [0.1, 0.15) is 9.75 Å². The normalized spacial score (nSPS) is 34.1. The third kappa shape index (κ3) is 3.37. The van der Waals surface area contributed by atoms with Gasteiger partial charge in [0.05, 0.1) is 35.1 Å². The van der Waals surface area contributed by atoms with Gasteiger partial charge in [0.2, 0.25) is 0 Å². The molecule has 0 spiro atoms. The third-order valence-electron chi connectivity index (χ3n) is 4.93. The quantitative estimate of drug-likeness (QED) is 0.242. The maximum atomic E-state index is 12.8. The van der Waals surface area contributed by atoms with E-state index in [0.29, 0.717) is 12.8 Å². The Bertz CT molecular complexity index is 599. The highest BCUT2D eigenvalue weighted by atomic mass is 35.5. The topological polar surface area (TPSA) is 52.6 Å². The number of hydrogen-bond donors (Lipinski definition) is 0. The van der Waals surface area contributed by atoms with Gasteiger partial charge in [-0.1, -0.05) is 73.1 Å². The molecule has 154 valence electrons. The van der Waals surface area contributed by atoms with Crippen LogP contribution in [0.5, 0.6) is 0 Å². The molecule has 0 radical (unpaired) electrons. The van der Waals surface area contributed by atoms with E-state index in [1.807, 2.05) is 13.8 Å². The number of allylic oxidation sites excluding steroid dienone is 2. The molecule has 2 bridgehead atoms. The Labute approximate surface area is 188 Å². The lowest BCUT2D eigenvalue weighted by atomic mass is 9.82. The second-order valence-electron chi connectivity index (χ2n) is 6.62. The van der Waals surface area contributed by atoms with Crippen LogP contribution in [-0.4, -0.2) is 39.2 Å². The first-order valence-corrected chi connectivity index (χ1v) is 10.9. The van der Waals surface area contributed by atoms with Crippen LogP contribution in [-0.2, 0) is 19.1 Å². The molecule has 1 saturated carbocycles. The van der Waals surface area contributed by atoms with Gasteiger partial charge >= 0.3 is 11.9 Å². The van der Waals surface area contributed by atoms with E-state index in [-0.39, 0.29) is 23.3 Å². The van der Waals surface area contributed by atoms with Crippen molar-refractivity contribution in [2.45, 2.75) is 53.6 Å². The summed E-state index contributed by atoms with van der Waals surface area (Å²) in [5, 5.41) is -0.332. The maximum absolute atomic E-state index is 12.8. The summed E-state index contributed by atoms with van der Waals surface area (Å²) in [5.41, 5.74) is 0. The molecule has 0 aromatic heterocycles. The summed E-state index contributed by atoms with van der Waals surface area (Å²) in [6.45, 7) is 4.19. The lowest BCUT2D eigenvalue weighted by molar-refractivity contribution is -0.160. The van der Waals surface area contributed by atoms with Crippen LogP contribution < -0.4 is 0 Å². The molecule has 1 fully saturated rings. The number of ether oxygens (including phenoxy) is 2. The first-order valence-electron chi connectivity index (χ1n) is 8.68. The third-order valence-corrected chi connectivity index (χ3v) is 9.19. The van der Waals surface area contributed by atoms with E-state index in [4.69, 9.17) is 79.1 Å². The summed E-state index contributed by atoms with van der Waals surface area (Å²) in [7, 11) is 0. The summed E-state index contributed by atoms with van der Waals surface area (Å²) < 4.78 is 8.53. The van der Waals surface area contributed by atoms with Crippen molar-refractivity contribution in [1.82, 2.24) is 0 Å². The first-order chi connectivity index (χ1) is 12.5. The van der Waals surface area contributed by atoms with E-state index in [1.54, 1.807) is 0 Å². The maximum Gasteiger partial charge on any atom is 0.312 e. The summed E-state index contributed by atoms with van der Waals surface area (Å²) in [6.07, 6.45) is 2.91. The van der Waals surface area contributed by atoms with Crippen LogP contribution in [0.1, 0.15) is 39.5 Å². The summed E-state index contributed by atoms with van der Waals surface area (Å²) >= 11 is 38.8. The lowest BCUT2D eigenvalue weighted by Crippen LogP contribution is -2.46. The minimum atomic E-state index is -2.03. The van der Waals surface area contributed by atoms with Gasteiger partial charge in [-0.2, -0.15) is 0 Å². The SMILES string of the molecule is CCCCOC(=O)[C@@H]1[C@@H](C(=O)OCCCC)[C@]2(Cl)C(Cl)=C(Cl)[C@]1(Cl)C2(Cl)Cl.